The third-order valence-corrected chi connectivity index (χ3v) is 2.46. The molecule has 1 aromatic heterocycles. The third kappa shape index (κ3) is 3.95. The van der Waals surface area contributed by atoms with E-state index in [1.165, 1.54) is 19.9 Å². The molecule has 1 rings (SSSR count). The normalized spacial score (nSPS) is 9.86. The number of carbonyl (C=O) groups excluding carboxylic acids is 3. The summed E-state index contributed by atoms with van der Waals surface area (Å²) in [5.74, 6) is -1.08. The third-order valence-electron chi connectivity index (χ3n) is 2.46. The molecule has 114 valence electrons. The van der Waals surface area contributed by atoms with Gasteiger partial charge in [0, 0.05) is 0 Å². The van der Waals surface area contributed by atoms with E-state index in [9.17, 15) is 14.4 Å². The summed E-state index contributed by atoms with van der Waals surface area (Å²) in [6, 6.07) is 0. The fourth-order valence-electron chi connectivity index (χ4n) is 1.72. The first-order valence-electron chi connectivity index (χ1n) is 6.28. The highest BCUT2D eigenvalue weighted by Gasteiger charge is 2.28. The number of Topliss-reactive ketones (excluding diaryl/α,β-unsaturated/α-hetero) is 1. The first-order valence-corrected chi connectivity index (χ1v) is 6.28. The lowest BCUT2D eigenvalue weighted by Gasteiger charge is -2.05. The molecule has 0 aromatic carbocycles. The lowest BCUT2D eigenvalue weighted by atomic mass is 10.1. The highest BCUT2D eigenvalue weighted by atomic mass is 16.6. The monoisotopic (exact) mass is 295 g/mol. The number of hydrogen-bond donors (Lipinski definition) is 1. The number of esters is 1. The van der Waals surface area contributed by atoms with E-state index >= 15 is 0 Å². The van der Waals surface area contributed by atoms with Crippen molar-refractivity contribution < 1.29 is 28.3 Å². The summed E-state index contributed by atoms with van der Waals surface area (Å²) >= 11 is 0. The van der Waals surface area contributed by atoms with Crippen LogP contribution in [0.5, 0.6) is 0 Å². The van der Waals surface area contributed by atoms with Gasteiger partial charge in [-0.3, -0.25) is 10.1 Å². The maximum atomic E-state index is 12.0. The molecule has 1 aromatic rings. The first kappa shape index (κ1) is 16.5. The van der Waals surface area contributed by atoms with Gasteiger partial charge in [0.15, 0.2) is 5.78 Å². The predicted octanol–water partition coefficient (Wildman–Crippen LogP) is 2.70. The topological polar surface area (TPSA) is 94.8 Å². The molecule has 0 unspecified atom stereocenters. The zero-order valence-electron chi connectivity index (χ0n) is 12.1. The largest absolute Gasteiger partial charge is 0.462 e. The second kappa shape index (κ2) is 7.28. The van der Waals surface area contributed by atoms with Crippen LogP contribution in [0.4, 0.5) is 10.7 Å². The second-order valence-corrected chi connectivity index (χ2v) is 4.03. The minimum absolute atomic E-state index is 0.000169. The quantitative estimate of drug-likeness (QED) is 0.492. The van der Waals surface area contributed by atoms with Crippen LogP contribution < -0.4 is 5.32 Å². The molecular weight excluding hydrogens is 278 g/mol. The molecule has 0 radical (unpaired) electrons. The van der Waals surface area contributed by atoms with Crippen LogP contribution in [0.3, 0.4) is 0 Å². The molecule has 0 spiro atoms. The summed E-state index contributed by atoms with van der Waals surface area (Å²) in [6.07, 6.45) is 0.560. The minimum atomic E-state index is -0.829. The van der Waals surface area contributed by atoms with Crippen molar-refractivity contribution in [3.63, 3.8) is 0 Å². The Bertz CT molecular complexity index is 572. The zero-order valence-corrected chi connectivity index (χ0v) is 12.1. The van der Waals surface area contributed by atoms with Gasteiger partial charge in [0.25, 0.3) is 0 Å². The van der Waals surface area contributed by atoms with E-state index in [1.54, 1.807) is 6.92 Å². The minimum Gasteiger partial charge on any atom is -0.462 e. The van der Waals surface area contributed by atoms with Crippen LogP contribution in [0.2, 0.25) is 0 Å². The van der Waals surface area contributed by atoms with Crippen LogP contribution in [-0.2, 0) is 9.47 Å². The molecule has 21 heavy (non-hydrogen) atoms. The molecule has 0 aliphatic carbocycles. The summed E-state index contributed by atoms with van der Waals surface area (Å²) < 4.78 is 14.9. The Labute approximate surface area is 121 Å². The highest BCUT2D eigenvalue weighted by Crippen LogP contribution is 2.28. The van der Waals surface area contributed by atoms with E-state index in [-0.39, 0.29) is 41.8 Å². The average molecular weight is 295 g/mol. The Hall–Kier alpha value is -2.57. The Balaban J connectivity index is 3.16. The van der Waals surface area contributed by atoms with Gasteiger partial charge in [-0.15, -0.1) is 0 Å². The first-order chi connectivity index (χ1) is 9.92. The van der Waals surface area contributed by atoms with Crippen molar-refractivity contribution in [2.45, 2.75) is 20.8 Å². The fourth-order valence-corrected chi connectivity index (χ4v) is 1.72. The maximum Gasteiger partial charge on any atom is 0.414 e. The number of hydrogen-bond acceptors (Lipinski definition) is 6. The Morgan fingerprint density at radius 1 is 1.29 bits per heavy atom. The molecule has 0 bridgehead atoms. The van der Waals surface area contributed by atoms with Gasteiger partial charge in [-0.05, 0) is 20.8 Å². The molecule has 1 heterocycles. The summed E-state index contributed by atoms with van der Waals surface area (Å²) in [7, 11) is 0. The van der Waals surface area contributed by atoms with Crippen molar-refractivity contribution in [2.24, 2.45) is 0 Å². The molecule has 0 fully saturated rings. The van der Waals surface area contributed by atoms with Crippen LogP contribution in [0.15, 0.2) is 17.1 Å². The summed E-state index contributed by atoms with van der Waals surface area (Å²) in [5.41, 5.74) is -0.0372. The number of aryl methyl sites for hydroxylation is 1. The molecule has 0 aliphatic heterocycles. The Morgan fingerprint density at radius 3 is 2.48 bits per heavy atom. The number of nitrogens with one attached hydrogen (secondary N) is 1. The summed E-state index contributed by atoms with van der Waals surface area (Å²) in [6.45, 7) is 7.96. The summed E-state index contributed by atoms with van der Waals surface area (Å²) in [4.78, 5) is 35.1. The highest BCUT2D eigenvalue weighted by molar-refractivity contribution is 6.10. The van der Waals surface area contributed by atoms with Crippen molar-refractivity contribution in [2.75, 3.05) is 18.5 Å². The van der Waals surface area contributed by atoms with E-state index in [0.29, 0.717) is 0 Å². The van der Waals surface area contributed by atoms with Crippen molar-refractivity contribution in [1.29, 1.82) is 0 Å². The average Bonchev–Trinajstić information content (AvgIpc) is 2.73. The number of rotatable bonds is 6. The van der Waals surface area contributed by atoms with Crippen molar-refractivity contribution >= 4 is 23.7 Å². The van der Waals surface area contributed by atoms with Gasteiger partial charge in [0.05, 0.1) is 12.2 Å². The van der Waals surface area contributed by atoms with Gasteiger partial charge >= 0.3 is 12.1 Å². The van der Waals surface area contributed by atoms with Gasteiger partial charge in [-0.25, -0.2) is 9.59 Å². The smallest absolute Gasteiger partial charge is 0.414 e. The lowest BCUT2D eigenvalue weighted by molar-refractivity contribution is 0.0524. The molecular formula is C14H17NO6. The summed E-state index contributed by atoms with van der Waals surface area (Å²) in [5, 5.41) is 2.27. The second-order valence-electron chi connectivity index (χ2n) is 4.03. The van der Waals surface area contributed by atoms with Crippen LogP contribution >= 0.6 is 0 Å². The van der Waals surface area contributed by atoms with Crippen molar-refractivity contribution in [3.8, 4) is 0 Å². The van der Waals surface area contributed by atoms with Crippen molar-refractivity contribution in [3.05, 3.63) is 29.5 Å². The molecule has 0 saturated carbocycles. The molecule has 7 nitrogen and oxygen atoms in total. The van der Waals surface area contributed by atoms with E-state index < -0.39 is 12.1 Å². The number of ketones is 1. The van der Waals surface area contributed by atoms with Gasteiger partial charge in [-0.1, -0.05) is 12.7 Å². The molecule has 1 N–H and O–H groups in total. The molecule has 0 saturated heterocycles. The Morgan fingerprint density at radius 2 is 1.95 bits per heavy atom. The Kier molecular flexibility index (Phi) is 5.71. The van der Waals surface area contributed by atoms with E-state index in [4.69, 9.17) is 13.9 Å². The standard InChI is InChI=1S/C14H17NO6/c1-5-7-20-14(18)15-12-11(13(17)19-6-2)10(8(3)16)9(4)21-12/h5H,1,6-7H2,2-4H3,(H,15,18). The van der Waals surface area contributed by atoms with Gasteiger partial charge in [-0.2, -0.15) is 0 Å². The van der Waals surface area contributed by atoms with Gasteiger partial charge in [0.2, 0.25) is 5.88 Å². The number of anilines is 1. The lowest BCUT2D eigenvalue weighted by Crippen LogP contribution is -2.17. The fraction of sp³-hybridized carbons (Fsp3) is 0.357. The molecule has 0 aliphatic rings. The predicted molar refractivity (Wildman–Crippen MR) is 74.6 cm³/mol. The van der Waals surface area contributed by atoms with E-state index in [1.807, 2.05) is 0 Å². The maximum absolute atomic E-state index is 12.0. The number of amides is 1. The van der Waals surface area contributed by atoms with Crippen molar-refractivity contribution in [1.82, 2.24) is 0 Å². The SMILES string of the molecule is C=CCOC(=O)Nc1oc(C)c(C(C)=O)c1C(=O)OCC. The van der Waals surface area contributed by atoms with Crippen LogP contribution in [-0.4, -0.2) is 31.1 Å². The molecule has 0 atom stereocenters. The number of furan rings is 1. The number of ether oxygens (including phenoxy) is 2. The van der Waals surface area contributed by atoms with Crippen LogP contribution in [0.25, 0.3) is 0 Å². The van der Waals surface area contributed by atoms with Crippen LogP contribution in [0.1, 0.15) is 40.3 Å². The van der Waals surface area contributed by atoms with E-state index in [0.717, 1.165) is 0 Å². The van der Waals surface area contributed by atoms with Gasteiger partial charge in [0.1, 0.15) is 17.9 Å². The molecule has 7 heteroatoms. The van der Waals surface area contributed by atoms with E-state index in [2.05, 4.69) is 11.9 Å². The molecule has 1 amide bonds. The van der Waals surface area contributed by atoms with Gasteiger partial charge < -0.3 is 13.9 Å². The number of carbonyl (C=O) groups is 3. The van der Waals surface area contributed by atoms with Crippen LogP contribution in [0, 0.1) is 6.92 Å². The zero-order chi connectivity index (χ0) is 16.0.